The van der Waals surface area contributed by atoms with Gasteiger partial charge in [0.15, 0.2) is 4.32 Å². The van der Waals surface area contributed by atoms with Crippen molar-refractivity contribution >= 4 is 51.7 Å². The lowest BCUT2D eigenvalue weighted by atomic mass is 10.2. The van der Waals surface area contributed by atoms with Crippen LogP contribution in [0.3, 0.4) is 0 Å². The third kappa shape index (κ3) is 7.20. The maximum atomic E-state index is 5.09. The molecule has 0 bridgehead atoms. The zero-order valence-electron chi connectivity index (χ0n) is 9.50. The van der Waals surface area contributed by atoms with Crippen molar-refractivity contribution in [2.24, 2.45) is 5.10 Å². The number of rotatable bonds is 5. The smallest absolute Gasteiger partial charge is 0.154 e. The second kappa shape index (κ2) is 9.27. The number of hydrazone groups is 1. The lowest BCUT2D eigenvalue weighted by Crippen LogP contribution is -2.10. The van der Waals surface area contributed by atoms with E-state index in [1.165, 1.54) is 17.3 Å². The van der Waals surface area contributed by atoms with E-state index in [0.29, 0.717) is 4.32 Å². The Morgan fingerprint density at radius 2 is 2.18 bits per heavy atom. The van der Waals surface area contributed by atoms with Crippen molar-refractivity contribution in [3.05, 3.63) is 42.0 Å². The lowest BCUT2D eigenvalue weighted by molar-refractivity contribution is 1.08. The van der Waals surface area contributed by atoms with E-state index < -0.39 is 0 Å². The van der Waals surface area contributed by atoms with Crippen LogP contribution in [0.25, 0.3) is 6.08 Å². The van der Waals surface area contributed by atoms with Crippen molar-refractivity contribution in [1.29, 1.82) is 0 Å². The maximum absolute atomic E-state index is 5.09. The molecule has 1 aromatic carbocycles. The topological polar surface area (TPSA) is 24.4 Å². The Morgan fingerprint density at radius 3 is 2.88 bits per heavy atom. The molecule has 0 saturated heterocycles. The summed E-state index contributed by atoms with van der Waals surface area (Å²) >= 11 is 8.18. The monoisotopic (exact) mass is 282 g/mol. The van der Waals surface area contributed by atoms with Gasteiger partial charge >= 0.3 is 0 Å². The molecule has 0 aliphatic carbocycles. The van der Waals surface area contributed by atoms with E-state index in [9.17, 15) is 0 Å². The first kappa shape index (κ1) is 14.3. The van der Waals surface area contributed by atoms with Crippen LogP contribution in [0.1, 0.15) is 5.56 Å². The van der Waals surface area contributed by atoms with Gasteiger partial charge in [-0.25, -0.2) is 0 Å². The Bertz CT molecular complexity index is 388. The molecule has 0 spiro atoms. The number of benzene rings is 1. The number of hydrogen-bond acceptors (Lipinski definition) is 4. The molecular weight excluding hydrogens is 268 g/mol. The van der Waals surface area contributed by atoms with Crippen molar-refractivity contribution in [2.75, 3.05) is 12.0 Å². The Kier molecular flexibility index (Phi) is 7.79. The van der Waals surface area contributed by atoms with Crippen molar-refractivity contribution in [3.8, 4) is 0 Å². The summed E-state index contributed by atoms with van der Waals surface area (Å²) in [7, 11) is 0. The molecule has 0 unspecified atom stereocenters. The minimum Gasteiger partial charge on any atom is -0.262 e. The average molecular weight is 282 g/mol. The maximum Gasteiger partial charge on any atom is 0.154 e. The van der Waals surface area contributed by atoms with Crippen LogP contribution in [0.4, 0.5) is 0 Å². The Morgan fingerprint density at radius 1 is 1.41 bits per heavy atom. The predicted octanol–water partition coefficient (Wildman–Crippen LogP) is 3.61. The van der Waals surface area contributed by atoms with Crippen molar-refractivity contribution in [1.82, 2.24) is 5.43 Å². The van der Waals surface area contributed by atoms with E-state index in [1.54, 1.807) is 17.3 Å². The number of nitrogens with one attached hydrogen (secondary N) is 1. The quantitative estimate of drug-likeness (QED) is 0.386. The summed E-state index contributed by atoms with van der Waals surface area (Å²) < 4.78 is 0.688. The molecule has 0 aliphatic heterocycles. The molecule has 1 rings (SSSR count). The van der Waals surface area contributed by atoms with Crippen LogP contribution in [-0.2, 0) is 0 Å². The van der Waals surface area contributed by atoms with Crippen LogP contribution >= 0.6 is 35.7 Å². The Hall–Kier alpha value is -0.780. The molecule has 0 radical (unpaired) electrons. The molecule has 0 saturated carbocycles. The van der Waals surface area contributed by atoms with Gasteiger partial charge in [-0.05, 0) is 11.8 Å². The fourth-order valence-corrected chi connectivity index (χ4v) is 1.91. The first-order valence-corrected chi connectivity index (χ1v) is 7.70. The first-order valence-electron chi connectivity index (χ1n) is 5.01. The van der Waals surface area contributed by atoms with Crippen LogP contribution in [0.15, 0.2) is 41.5 Å². The predicted molar refractivity (Wildman–Crippen MR) is 85.7 cm³/mol. The third-order valence-corrected chi connectivity index (χ3v) is 3.21. The van der Waals surface area contributed by atoms with Gasteiger partial charge in [0.05, 0.1) is 5.55 Å². The van der Waals surface area contributed by atoms with Gasteiger partial charge in [-0.1, -0.05) is 66.5 Å². The molecule has 1 N–H and O–H groups in total. The SMILES string of the molecule is CS/C=N/NC(=S)SC/C=C/c1ccccc1. The number of thioether (sulfide) groups is 2. The van der Waals surface area contributed by atoms with E-state index in [4.69, 9.17) is 12.2 Å². The molecule has 0 amide bonds. The summed E-state index contributed by atoms with van der Waals surface area (Å²) in [5.41, 5.74) is 5.71. The molecular formula is C12H14N2S3. The molecule has 0 atom stereocenters. The van der Waals surface area contributed by atoms with Gasteiger partial charge < -0.3 is 0 Å². The summed E-state index contributed by atoms with van der Waals surface area (Å²) in [6.07, 6.45) is 6.12. The molecule has 1 aromatic rings. The molecule has 17 heavy (non-hydrogen) atoms. The standard InChI is InChI=1S/C12H14N2S3/c1-16-10-13-14-12(15)17-9-5-8-11-6-3-2-4-7-11/h2-8,10H,9H2,1H3,(H,14,15)/b8-5+,13-10+. The minimum atomic E-state index is 0.688. The van der Waals surface area contributed by atoms with E-state index in [-0.39, 0.29) is 0 Å². The zero-order chi connectivity index (χ0) is 12.3. The van der Waals surface area contributed by atoms with E-state index in [2.05, 4.69) is 34.8 Å². The van der Waals surface area contributed by atoms with E-state index in [1.807, 2.05) is 24.5 Å². The molecule has 0 heterocycles. The lowest BCUT2D eigenvalue weighted by Gasteiger charge is -1.98. The largest absolute Gasteiger partial charge is 0.262 e. The van der Waals surface area contributed by atoms with Crippen LogP contribution in [0.2, 0.25) is 0 Å². The van der Waals surface area contributed by atoms with Crippen LogP contribution in [0.5, 0.6) is 0 Å². The normalized spacial score (nSPS) is 11.1. The van der Waals surface area contributed by atoms with Gasteiger partial charge in [0.2, 0.25) is 0 Å². The Labute approximate surface area is 116 Å². The number of hydrogen-bond donors (Lipinski definition) is 1. The zero-order valence-corrected chi connectivity index (χ0v) is 11.9. The fraction of sp³-hybridized carbons (Fsp3) is 0.167. The number of thiocarbonyl (C=S) groups is 1. The van der Waals surface area contributed by atoms with Crippen LogP contribution in [0, 0.1) is 0 Å². The molecule has 0 aliphatic rings. The fourth-order valence-electron chi connectivity index (χ4n) is 1.04. The first-order chi connectivity index (χ1) is 8.33. The minimum absolute atomic E-state index is 0.688. The highest BCUT2D eigenvalue weighted by molar-refractivity contribution is 8.23. The van der Waals surface area contributed by atoms with Crippen LogP contribution in [-0.4, -0.2) is 21.9 Å². The summed E-state index contributed by atoms with van der Waals surface area (Å²) in [5, 5.41) is 3.93. The average Bonchev–Trinajstić information content (AvgIpc) is 2.36. The van der Waals surface area contributed by atoms with Gasteiger partial charge in [0, 0.05) is 5.75 Å². The van der Waals surface area contributed by atoms with Gasteiger partial charge in [0.25, 0.3) is 0 Å². The van der Waals surface area contributed by atoms with Gasteiger partial charge in [-0.15, -0.1) is 11.8 Å². The highest BCUT2D eigenvalue weighted by atomic mass is 32.2. The third-order valence-electron chi connectivity index (χ3n) is 1.73. The number of nitrogens with zero attached hydrogens (tertiary/aromatic N) is 1. The summed E-state index contributed by atoms with van der Waals surface area (Å²) in [5.74, 6) is 0.843. The van der Waals surface area contributed by atoms with E-state index >= 15 is 0 Å². The summed E-state index contributed by atoms with van der Waals surface area (Å²) in [6, 6.07) is 10.2. The molecule has 0 fully saturated rings. The van der Waals surface area contributed by atoms with Gasteiger partial charge in [0.1, 0.15) is 0 Å². The molecule has 90 valence electrons. The molecule has 5 heteroatoms. The summed E-state index contributed by atoms with van der Waals surface area (Å²) in [4.78, 5) is 0. The van der Waals surface area contributed by atoms with Crippen molar-refractivity contribution in [3.63, 3.8) is 0 Å². The molecule has 0 aromatic heterocycles. The van der Waals surface area contributed by atoms with Crippen molar-refractivity contribution in [2.45, 2.75) is 0 Å². The van der Waals surface area contributed by atoms with Crippen molar-refractivity contribution < 1.29 is 0 Å². The highest BCUT2D eigenvalue weighted by Gasteiger charge is 1.91. The second-order valence-electron chi connectivity index (χ2n) is 2.99. The Balaban J connectivity index is 2.21. The highest BCUT2D eigenvalue weighted by Crippen LogP contribution is 2.06. The van der Waals surface area contributed by atoms with E-state index in [0.717, 1.165) is 5.75 Å². The van der Waals surface area contributed by atoms with Gasteiger partial charge in [-0.3, -0.25) is 5.43 Å². The second-order valence-corrected chi connectivity index (χ2v) is 5.37. The molecule has 2 nitrogen and oxygen atoms in total. The van der Waals surface area contributed by atoms with Gasteiger partial charge in [-0.2, -0.15) is 5.10 Å². The summed E-state index contributed by atoms with van der Waals surface area (Å²) in [6.45, 7) is 0. The van der Waals surface area contributed by atoms with Crippen LogP contribution < -0.4 is 5.43 Å².